The van der Waals surface area contributed by atoms with Crippen molar-refractivity contribution in [3.05, 3.63) is 63.9 Å². The maximum atomic E-state index is 13.1. The van der Waals surface area contributed by atoms with Crippen LogP contribution in [0.15, 0.2) is 47.3 Å². The molecule has 0 atom stereocenters. The lowest BCUT2D eigenvalue weighted by atomic mass is 9.72. The monoisotopic (exact) mass is 482 g/mol. The molecule has 0 aromatic heterocycles. The first kappa shape index (κ1) is 26.3. The van der Waals surface area contributed by atoms with Crippen LogP contribution in [-0.4, -0.2) is 61.3 Å². The average molecular weight is 483 g/mol. The third-order valence-corrected chi connectivity index (χ3v) is 7.85. The van der Waals surface area contributed by atoms with Gasteiger partial charge in [0.1, 0.15) is 18.6 Å². The molecule has 2 aliphatic rings. The van der Waals surface area contributed by atoms with Gasteiger partial charge in [0.2, 0.25) is 0 Å². The van der Waals surface area contributed by atoms with Gasteiger partial charge in [0.25, 0.3) is 5.91 Å². The van der Waals surface area contributed by atoms with Crippen molar-refractivity contribution in [3.63, 3.8) is 0 Å². The second-order valence-electron chi connectivity index (χ2n) is 9.71. The first-order chi connectivity index (χ1) is 16.3. The lowest BCUT2D eigenvalue weighted by molar-refractivity contribution is -0.131. The highest BCUT2D eigenvalue weighted by molar-refractivity contribution is 8.05. The number of rotatable bonds is 9. The summed E-state index contributed by atoms with van der Waals surface area (Å²) < 4.78 is 6.05. The highest BCUT2D eigenvalue weighted by Crippen LogP contribution is 2.40. The van der Waals surface area contributed by atoms with Gasteiger partial charge in [-0.1, -0.05) is 19.2 Å². The number of amides is 1. The van der Waals surface area contributed by atoms with E-state index in [0.29, 0.717) is 12.2 Å². The second kappa shape index (κ2) is 11.9. The fraction of sp³-hybridized carbons (Fsp3) is 0.500. The van der Waals surface area contributed by atoms with Gasteiger partial charge in [-0.3, -0.25) is 14.5 Å². The largest absolute Gasteiger partial charge is 0.492 e. The summed E-state index contributed by atoms with van der Waals surface area (Å²) in [6, 6.07) is 3.85. The standard InChI is InChI=1S/C28H38N2O3S/c1-6-24(19-34-21(2)3)27(32)30-11-7-8-28(20-30)9-12-29(13-10-28)14-15-33-26-17-22(4)25(18-31)16-23(26)5/h6,16-19H,1-2,7-15,20H2,3-5H3/b24-19+. The Morgan fingerprint density at radius 2 is 1.91 bits per heavy atom. The van der Waals surface area contributed by atoms with Crippen LogP contribution < -0.4 is 4.74 Å². The minimum atomic E-state index is 0.0879. The lowest BCUT2D eigenvalue weighted by Crippen LogP contribution is -2.51. The number of carbonyl (C=O) groups is 2. The average Bonchev–Trinajstić information content (AvgIpc) is 2.82. The molecular weight excluding hydrogens is 444 g/mol. The zero-order chi connectivity index (χ0) is 24.7. The number of aldehydes is 1. The minimum absolute atomic E-state index is 0.0879. The molecule has 3 rings (SSSR count). The molecule has 2 saturated heterocycles. The van der Waals surface area contributed by atoms with E-state index in [2.05, 4.69) is 18.1 Å². The van der Waals surface area contributed by atoms with Crippen molar-refractivity contribution in [1.82, 2.24) is 9.80 Å². The van der Waals surface area contributed by atoms with Gasteiger partial charge in [-0.25, -0.2) is 0 Å². The number of hydrogen-bond acceptors (Lipinski definition) is 5. The van der Waals surface area contributed by atoms with Crippen LogP contribution in [0.2, 0.25) is 0 Å². The van der Waals surface area contributed by atoms with Crippen molar-refractivity contribution < 1.29 is 14.3 Å². The van der Waals surface area contributed by atoms with Crippen molar-refractivity contribution in [2.24, 2.45) is 5.41 Å². The summed E-state index contributed by atoms with van der Waals surface area (Å²) in [4.78, 5) is 29.7. The van der Waals surface area contributed by atoms with Gasteiger partial charge >= 0.3 is 0 Å². The Morgan fingerprint density at radius 1 is 1.18 bits per heavy atom. The number of piperidine rings is 2. The Bertz CT molecular complexity index is 961. The number of nitrogens with zero attached hydrogens (tertiary/aromatic N) is 2. The van der Waals surface area contributed by atoms with Gasteiger partial charge in [-0.05, 0) is 98.5 Å². The summed E-state index contributed by atoms with van der Waals surface area (Å²) in [7, 11) is 0. The SMILES string of the molecule is C=C/C(=C\SC(=C)C)C(=O)N1CCCC2(CCN(CCOc3cc(C)c(C=O)cc3C)CC2)C1. The minimum Gasteiger partial charge on any atom is -0.492 e. The summed E-state index contributed by atoms with van der Waals surface area (Å²) in [5.74, 6) is 0.943. The van der Waals surface area contributed by atoms with E-state index in [0.717, 1.165) is 85.6 Å². The number of thioether (sulfide) groups is 1. The highest BCUT2D eigenvalue weighted by atomic mass is 32.2. The summed E-state index contributed by atoms with van der Waals surface area (Å²) in [6.45, 7) is 18.8. The third-order valence-electron chi connectivity index (χ3n) is 7.07. The molecule has 0 radical (unpaired) electrons. The quantitative estimate of drug-likeness (QED) is 0.263. The molecule has 184 valence electrons. The second-order valence-corrected chi connectivity index (χ2v) is 10.9. The van der Waals surface area contributed by atoms with Crippen LogP contribution in [0.4, 0.5) is 0 Å². The molecule has 0 saturated carbocycles. The smallest absolute Gasteiger partial charge is 0.254 e. The van der Waals surface area contributed by atoms with Gasteiger partial charge in [-0.15, -0.1) is 11.8 Å². The van der Waals surface area contributed by atoms with Gasteiger partial charge < -0.3 is 9.64 Å². The number of aryl methyl sites for hydroxylation is 2. The van der Waals surface area contributed by atoms with Gasteiger partial charge in [-0.2, -0.15) is 0 Å². The molecule has 1 spiro atoms. The van der Waals surface area contributed by atoms with Crippen LogP contribution in [0.25, 0.3) is 0 Å². The number of hydrogen-bond donors (Lipinski definition) is 0. The van der Waals surface area contributed by atoms with Crippen LogP contribution in [0.1, 0.15) is 54.1 Å². The molecule has 1 aromatic rings. The number of likely N-dealkylation sites (tertiary alicyclic amines) is 2. The van der Waals surface area contributed by atoms with Crippen molar-refractivity contribution in [2.75, 3.05) is 39.3 Å². The van der Waals surface area contributed by atoms with Gasteiger partial charge in [0, 0.05) is 30.8 Å². The Labute approximate surface area is 208 Å². The number of allylic oxidation sites excluding steroid dienone is 1. The van der Waals surface area contributed by atoms with E-state index in [1.807, 2.05) is 43.2 Å². The number of carbonyl (C=O) groups excluding carboxylic acids is 2. The Hall–Kier alpha value is -2.31. The molecule has 34 heavy (non-hydrogen) atoms. The molecule has 2 fully saturated rings. The molecule has 0 aliphatic carbocycles. The highest BCUT2D eigenvalue weighted by Gasteiger charge is 2.39. The van der Waals surface area contributed by atoms with Gasteiger partial charge in [0.05, 0.1) is 0 Å². The first-order valence-corrected chi connectivity index (χ1v) is 13.0. The molecule has 0 N–H and O–H groups in total. The zero-order valence-electron chi connectivity index (χ0n) is 20.9. The Morgan fingerprint density at radius 3 is 2.56 bits per heavy atom. The predicted octanol–water partition coefficient (Wildman–Crippen LogP) is 5.54. The summed E-state index contributed by atoms with van der Waals surface area (Å²) in [5.41, 5.74) is 3.53. The van der Waals surface area contributed by atoms with Crippen molar-refractivity contribution >= 4 is 24.0 Å². The van der Waals surface area contributed by atoms with E-state index in [4.69, 9.17) is 4.74 Å². The van der Waals surface area contributed by atoms with Crippen molar-refractivity contribution in [1.29, 1.82) is 0 Å². The Kier molecular flexibility index (Phi) is 9.20. The number of benzene rings is 1. The van der Waals surface area contributed by atoms with Crippen LogP contribution in [0.5, 0.6) is 5.75 Å². The van der Waals surface area contributed by atoms with Crippen LogP contribution in [-0.2, 0) is 4.79 Å². The van der Waals surface area contributed by atoms with E-state index in [1.165, 1.54) is 18.2 Å². The van der Waals surface area contributed by atoms with Crippen LogP contribution in [0, 0.1) is 19.3 Å². The maximum Gasteiger partial charge on any atom is 0.254 e. The molecular formula is C28H38N2O3S. The van der Waals surface area contributed by atoms with E-state index in [1.54, 1.807) is 6.08 Å². The number of ether oxygens (including phenoxy) is 1. The van der Waals surface area contributed by atoms with Crippen LogP contribution in [0.3, 0.4) is 0 Å². The molecule has 2 heterocycles. The predicted molar refractivity (Wildman–Crippen MR) is 141 cm³/mol. The summed E-state index contributed by atoms with van der Waals surface area (Å²) in [6.07, 6.45) is 7.02. The fourth-order valence-corrected chi connectivity index (χ4v) is 5.48. The molecule has 1 aromatic carbocycles. The molecule has 6 heteroatoms. The summed E-state index contributed by atoms with van der Waals surface area (Å²) >= 11 is 1.48. The fourth-order valence-electron chi connectivity index (χ4n) is 4.95. The normalized spacial score (nSPS) is 18.6. The Balaban J connectivity index is 1.50. The molecule has 2 aliphatic heterocycles. The molecule has 1 amide bonds. The van der Waals surface area contributed by atoms with Gasteiger partial charge in [0.15, 0.2) is 0 Å². The molecule has 0 unspecified atom stereocenters. The van der Waals surface area contributed by atoms with E-state index in [-0.39, 0.29) is 11.3 Å². The van der Waals surface area contributed by atoms with E-state index < -0.39 is 0 Å². The van der Waals surface area contributed by atoms with Crippen LogP contribution >= 0.6 is 11.8 Å². The van der Waals surface area contributed by atoms with Crippen molar-refractivity contribution in [3.8, 4) is 5.75 Å². The molecule has 0 bridgehead atoms. The van der Waals surface area contributed by atoms with Crippen molar-refractivity contribution in [2.45, 2.75) is 46.5 Å². The van der Waals surface area contributed by atoms with E-state index >= 15 is 0 Å². The third kappa shape index (κ3) is 6.63. The first-order valence-electron chi connectivity index (χ1n) is 12.1. The zero-order valence-corrected chi connectivity index (χ0v) is 21.7. The topological polar surface area (TPSA) is 49.9 Å². The van der Waals surface area contributed by atoms with E-state index in [9.17, 15) is 9.59 Å². The summed E-state index contributed by atoms with van der Waals surface area (Å²) in [5, 5.41) is 1.87. The molecule has 5 nitrogen and oxygen atoms in total. The maximum absolute atomic E-state index is 13.1. The lowest BCUT2D eigenvalue weighted by Gasteiger charge is -2.47.